The molecular weight excluding hydrogens is 314 g/mol. The molecule has 102 valence electrons. The molecule has 2 rings (SSSR count). The largest absolute Gasteiger partial charge is 0.481 e. The van der Waals surface area contributed by atoms with Gasteiger partial charge in [0.05, 0.1) is 5.41 Å². The lowest BCUT2D eigenvalue weighted by molar-refractivity contribution is -0.145. The summed E-state index contributed by atoms with van der Waals surface area (Å²) in [5.41, 5.74) is -0.293. The Bertz CT molecular complexity index is 509. The van der Waals surface area contributed by atoms with Gasteiger partial charge in [-0.3, -0.25) is 4.79 Å². The third-order valence-electron chi connectivity index (χ3n) is 3.69. The lowest BCUT2D eigenvalue weighted by Gasteiger charge is -2.38. The van der Waals surface area contributed by atoms with Crippen LogP contribution in [0.2, 0.25) is 0 Å². The zero-order valence-electron chi connectivity index (χ0n) is 10.2. The number of hydrogen-bond acceptors (Lipinski definition) is 2. The van der Waals surface area contributed by atoms with Crippen molar-refractivity contribution in [1.82, 2.24) is 4.90 Å². The van der Waals surface area contributed by atoms with Gasteiger partial charge in [-0.05, 0) is 24.5 Å². The average Bonchev–Trinajstić information content (AvgIpc) is 2.39. The molecule has 1 aromatic carbocycles. The third kappa shape index (κ3) is 2.45. The summed E-state index contributed by atoms with van der Waals surface area (Å²) in [6.07, 6.45) is -0.416. The highest BCUT2D eigenvalue weighted by molar-refractivity contribution is 9.10. The van der Waals surface area contributed by atoms with Gasteiger partial charge in [0.25, 0.3) is 0 Å². The van der Waals surface area contributed by atoms with E-state index in [-0.39, 0.29) is 25.9 Å². The third-order valence-corrected chi connectivity index (χ3v) is 4.38. The Morgan fingerprint density at radius 1 is 1.16 bits per heavy atom. The number of carbonyl (C=O) groups is 2. The number of nitrogens with zero attached hydrogens (tertiary/aromatic N) is 1. The molecule has 1 fully saturated rings. The summed E-state index contributed by atoms with van der Waals surface area (Å²) in [7, 11) is 0. The van der Waals surface area contributed by atoms with Gasteiger partial charge in [0, 0.05) is 17.6 Å². The number of carboxylic acid groups (broad SMARTS) is 2. The highest BCUT2D eigenvalue weighted by Gasteiger charge is 2.44. The van der Waals surface area contributed by atoms with Crippen molar-refractivity contribution in [2.24, 2.45) is 0 Å². The summed E-state index contributed by atoms with van der Waals surface area (Å²) in [6.45, 7) is 0.478. The van der Waals surface area contributed by atoms with Gasteiger partial charge in [0.1, 0.15) is 0 Å². The summed E-state index contributed by atoms with van der Waals surface area (Å²) in [4.78, 5) is 23.9. The first-order valence-corrected chi connectivity index (χ1v) is 6.73. The number of benzene rings is 1. The van der Waals surface area contributed by atoms with E-state index in [1.54, 1.807) is 12.1 Å². The molecule has 0 radical (unpaired) electrons. The fraction of sp³-hybridized carbons (Fsp3) is 0.385. The zero-order valence-corrected chi connectivity index (χ0v) is 11.8. The van der Waals surface area contributed by atoms with Crippen LogP contribution in [0, 0.1) is 0 Å². The molecule has 0 atom stereocenters. The van der Waals surface area contributed by atoms with Gasteiger partial charge in [-0.1, -0.05) is 34.1 Å². The van der Waals surface area contributed by atoms with E-state index in [1.807, 2.05) is 12.1 Å². The van der Waals surface area contributed by atoms with Crippen LogP contribution in [0.15, 0.2) is 28.7 Å². The molecular formula is C13H14BrNO4. The number of rotatable bonds is 2. The first kappa shape index (κ1) is 13.9. The van der Waals surface area contributed by atoms with Crippen molar-refractivity contribution in [3.63, 3.8) is 0 Å². The van der Waals surface area contributed by atoms with Gasteiger partial charge in [-0.2, -0.15) is 0 Å². The monoisotopic (exact) mass is 327 g/mol. The maximum Gasteiger partial charge on any atom is 0.407 e. The van der Waals surface area contributed by atoms with Crippen LogP contribution < -0.4 is 0 Å². The number of halogens is 1. The summed E-state index contributed by atoms with van der Waals surface area (Å²) >= 11 is 3.39. The van der Waals surface area contributed by atoms with Gasteiger partial charge < -0.3 is 15.1 Å². The number of likely N-dealkylation sites (tertiary alicyclic amines) is 1. The number of carboxylic acids is 1. The van der Waals surface area contributed by atoms with Gasteiger partial charge in [-0.25, -0.2) is 4.79 Å². The van der Waals surface area contributed by atoms with Crippen LogP contribution in [0.3, 0.4) is 0 Å². The van der Waals surface area contributed by atoms with E-state index < -0.39 is 17.5 Å². The Kier molecular flexibility index (Phi) is 3.80. The Morgan fingerprint density at radius 2 is 1.74 bits per heavy atom. The maximum atomic E-state index is 11.7. The van der Waals surface area contributed by atoms with Crippen molar-refractivity contribution in [2.75, 3.05) is 13.1 Å². The van der Waals surface area contributed by atoms with E-state index in [0.29, 0.717) is 5.56 Å². The number of hydrogen-bond donors (Lipinski definition) is 2. The lowest BCUT2D eigenvalue weighted by atomic mass is 9.73. The predicted octanol–water partition coefficient (Wildman–Crippen LogP) is 2.55. The molecule has 0 aromatic heterocycles. The van der Waals surface area contributed by atoms with E-state index >= 15 is 0 Å². The molecule has 0 unspecified atom stereocenters. The normalized spacial score (nSPS) is 18.1. The van der Waals surface area contributed by atoms with Crippen LogP contribution in [0.4, 0.5) is 4.79 Å². The second-order valence-electron chi connectivity index (χ2n) is 4.64. The minimum Gasteiger partial charge on any atom is -0.481 e. The molecule has 0 aliphatic carbocycles. The summed E-state index contributed by atoms with van der Waals surface area (Å²) in [6, 6.07) is 7.22. The van der Waals surface area contributed by atoms with Crippen LogP contribution >= 0.6 is 15.9 Å². The highest BCUT2D eigenvalue weighted by Crippen LogP contribution is 2.39. The molecule has 1 aliphatic heterocycles. The van der Waals surface area contributed by atoms with Gasteiger partial charge in [0.15, 0.2) is 0 Å². The standard InChI is InChI=1S/C13H14BrNO4/c14-10-4-2-1-3-9(10)13(11(16)17)5-7-15(8-6-13)12(18)19/h1-4H,5-8H2,(H,16,17)(H,18,19). The van der Waals surface area contributed by atoms with E-state index in [2.05, 4.69) is 15.9 Å². The fourth-order valence-electron chi connectivity index (χ4n) is 2.53. The Morgan fingerprint density at radius 3 is 2.21 bits per heavy atom. The average molecular weight is 328 g/mol. The van der Waals surface area contributed by atoms with Crippen molar-refractivity contribution in [3.05, 3.63) is 34.3 Å². The summed E-state index contributed by atoms with van der Waals surface area (Å²) in [5.74, 6) is -0.899. The molecule has 1 aromatic rings. The van der Waals surface area contributed by atoms with Crippen molar-refractivity contribution >= 4 is 28.0 Å². The molecule has 5 nitrogen and oxygen atoms in total. The quantitative estimate of drug-likeness (QED) is 0.875. The highest BCUT2D eigenvalue weighted by atomic mass is 79.9. The van der Waals surface area contributed by atoms with E-state index in [4.69, 9.17) is 5.11 Å². The van der Waals surface area contributed by atoms with Crippen molar-refractivity contribution in [2.45, 2.75) is 18.3 Å². The minimum absolute atomic E-state index is 0.239. The lowest BCUT2D eigenvalue weighted by Crippen LogP contribution is -2.48. The second-order valence-corrected chi connectivity index (χ2v) is 5.49. The van der Waals surface area contributed by atoms with Crippen LogP contribution in [0.1, 0.15) is 18.4 Å². The van der Waals surface area contributed by atoms with Gasteiger partial charge >= 0.3 is 12.1 Å². The minimum atomic E-state index is -1.01. The molecule has 0 saturated carbocycles. The van der Waals surface area contributed by atoms with Crippen LogP contribution in [-0.2, 0) is 10.2 Å². The molecule has 1 heterocycles. The summed E-state index contributed by atoms with van der Waals surface area (Å²) < 4.78 is 0.751. The Balaban J connectivity index is 2.35. The van der Waals surface area contributed by atoms with Crippen molar-refractivity contribution < 1.29 is 19.8 Å². The van der Waals surface area contributed by atoms with Crippen LogP contribution in [0.5, 0.6) is 0 Å². The topological polar surface area (TPSA) is 77.8 Å². The fourth-order valence-corrected chi connectivity index (χ4v) is 3.19. The molecule has 0 spiro atoms. The number of piperidine rings is 1. The Hall–Kier alpha value is -1.56. The second kappa shape index (κ2) is 5.21. The Labute approximate surface area is 119 Å². The van der Waals surface area contributed by atoms with Crippen molar-refractivity contribution in [1.29, 1.82) is 0 Å². The van der Waals surface area contributed by atoms with E-state index in [1.165, 1.54) is 4.90 Å². The molecule has 2 N–H and O–H groups in total. The van der Waals surface area contributed by atoms with E-state index in [0.717, 1.165) is 4.47 Å². The first-order valence-electron chi connectivity index (χ1n) is 5.93. The van der Waals surface area contributed by atoms with Crippen LogP contribution in [0.25, 0.3) is 0 Å². The van der Waals surface area contributed by atoms with Crippen molar-refractivity contribution in [3.8, 4) is 0 Å². The maximum absolute atomic E-state index is 11.7. The molecule has 1 aliphatic rings. The number of aliphatic carboxylic acids is 1. The SMILES string of the molecule is O=C(O)N1CCC(C(=O)O)(c2ccccc2Br)CC1. The zero-order chi connectivity index (χ0) is 14.0. The van der Waals surface area contributed by atoms with Crippen LogP contribution in [-0.4, -0.2) is 40.3 Å². The van der Waals surface area contributed by atoms with E-state index in [9.17, 15) is 14.7 Å². The predicted molar refractivity (Wildman–Crippen MR) is 72.3 cm³/mol. The number of amides is 1. The smallest absolute Gasteiger partial charge is 0.407 e. The molecule has 1 amide bonds. The first-order chi connectivity index (χ1) is 8.97. The molecule has 1 saturated heterocycles. The molecule has 0 bridgehead atoms. The molecule has 6 heteroatoms. The van der Waals surface area contributed by atoms with Gasteiger partial charge in [0.2, 0.25) is 0 Å². The van der Waals surface area contributed by atoms with Gasteiger partial charge in [-0.15, -0.1) is 0 Å². The summed E-state index contributed by atoms with van der Waals surface area (Å²) in [5, 5.41) is 18.5. The molecule has 19 heavy (non-hydrogen) atoms.